The molecule has 2 heterocycles. The number of nitrogen functional groups attached to an aromatic ring is 1. The highest BCUT2D eigenvalue weighted by Gasteiger charge is 2.26. The SMILES string of the molecule is CC(O)C1CCN(c2cc3c(cc2N)CC(=O)N3)CC1. The number of carbonyl (C=O) groups excluding carboxylic acids is 1. The number of aliphatic hydroxyl groups excluding tert-OH is 1. The van der Waals surface area contributed by atoms with Gasteiger partial charge in [0.25, 0.3) is 0 Å². The lowest BCUT2D eigenvalue weighted by molar-refractivity contribution is -0.115. The molecule has 1 fully saturated rings. The average molecular weight is 275 g/mol. The first-order chi connectivity index (χ1) is 9.54. The summed E-state index contributed by atoms with van der Waals surface area (Å²) in [5, 5.41) is 12.5. The molecule has 3 rings (SSSR count). The predicted octanol–water partition coefficient (Wildman–Crippen LogP) is 1.36. The van der Waals surface area contributed by atoms with Crippen LogP contribution in [-0.4, -0.2) is 30.2 Å². The molecule has 0 radical (unpaired) electrons. The lowest BCUT2D eigenvalue weighted by Gasteiger charge is -2.35. The van der Waals surface area contributed by atoms with Crippen molar-refractivity contribution in [3.8, 4) is 0 Å². The van der Waals surface area contributed by atoms with Crippen LogP contribution in [0.15, 0.2) is 12.1 Å². The Morgan fingerprint density at radius 1 is 1.40 bits per heavy atom. The fraction of sp³-hybridized carbons (Fsp3) is 0.533. The van der Waals surface area contributed by atoms with Crippen molar-refractivity contribution in [2.24, 2.45) is 5.92 Å². The summed E-state index contributed by atoms with van der Waals surface area (Å²) in [5.74, 6) is 0.408. The second-order valence-corrected chi connectivity index (χ2v) is 5.86. The first-order valence-corrected chi connectivity index (χ1v) is 7.20. The van der Waals surface area contributed by atoms with E-state index in [9.17, 15) is 9.90 Å². The van der Waals surface area contributed by atoms with E-state index < -0.39 is 0 Å². The van der Waals surface area contributed by atoms with Gasteiger partial charge >= 0.3 is 0 Å². The van der Waals surface area contributed by atoms with Crippen molar-refractivity contribution in [1.82, 2.24) is 0 Å². The summed E-state index contributed by atoms with van der Waals surface area (Å²) in [7, 11) is 0. The molecule has 0 saturated carbocycles. The number of hydrogen-bond donors (Lipinski definition) is 3. The van der Waals surface area contributed by atoms with Gasteiger partial charge < -0.3 is 21.1 Å². The number of nitrogens with zero attached hydrogens (tertiary/aromatic N) is 1. The smallest absolute Gasteiger partial charge is 0.228 e. The lowest BCUT2D eigenvalue weighted by atomic mass is 9.92. The molecule has 4 N–H and O–H groups in total. The Labute approximate surface area is 118 Å². The number of fused-ring (bicyclic) bond motifs is 1. The number of nitrogens with two attached hydrogens (primary N) is 1. The van der Waals surface area contributed by atoms with Gasteiger partial charge in [-0.05, 0) is 43.4 Å². The Balaban J connectivity index is 1.79. The second kappa shape index (κ2) is 4.98. The molecule has 1 saturated heterocycles. The van der Waals surface area contributed by atoms with Crippen LogP contribution in [-0.2, 0) is 11.2 Å². The minimum atomic E-state index is -0.242. The summed E-state index contributed by atoms with van der Waals surface area (Å²) in [6, 6.07) is 3.89. The Morgan fingerprint density at radius 3 is 2.75 bits per heavy atom. The van der Waals surface area contributed by atoms with E-state index in [0.717, 1.165) is 48.6 Å². The molecule has 1 atom stereocenters. The highest BCUT2D eigenvalue weighted by molar-refractivity contribution is 6.00. The molecule has 1 unspecified atom stereocenters. The molecule has 20 heavy (non-hydrogen) atoms. The highest BCUT2D eigenvalue weighted by atomic mass is 16.3. The van der Waals surface area contributed by atoms with Gasteiger partial charge in [0.05, 0.1) is 23.9 Å². The van der Waals surface area contributed by atoms with E-state index in [4.69, 9.17) is 5.73 Å². The molecule has 2 aliphatic rings. The van der Waals surface area contributed by atoms with E-state index in [1.54, 1.807) is 0 Å². The van der Waals surface area contributed by atoms with Gasteiger partial charge in [-0.1, -0.05) is 0 Å². The van der Waals surface area contributed by atoms with Crippen molar-refractivity contribution in [3.63, 3.8) is 0 Å². The minimum Gasteiger partial charge on any atom is -0.397 e. The zero-order valence-corrected chi connectivity index (χ0v) is 11.7. The first-order valence-electron chi connectivity index (χ1n) is 7.20. The van der Waals surface area contributed by atoms with E-state index in [1.807, 2.05) is 19.1 Å². The summed E-state index contributed by atoms with van der Waals surface area (Å²) in [6.45, 7) is 3.65. The van der Waals surface area contributed by atoms with E-state index >= 15 is 0 Å². The number of carbonyl (C=O) groups is 1. The van der Waals surface area contributed by atoms with Crippen molar-refractivity contribution < 1.29 is 9.90 Å². The van der Waals surface area contributed by atoms with Crippen LogP contribution in [0.4, 0.5) is 17.1 Å². The van der Waals surface area contributed by atoms with Crippen LogP contribution in [0.2, 0.25) is 0 Å². The molecule has 0 aromatic heterocycles. The van der Waals surface area contributed by atoms with E-state index in [0.29, 0.717) is 12.3 Å². The quantitative estimate of drug-likeness (QED) is 0.712. The maximum atomic E-state index is 11.4. The molecule has 0 spiro atoms. The van der Waals surface area contributed by atoms with Crippen molar-refractivity contribution in [3.05, 3.63) is 17.7 Å². The molecule has 1 amide bonds. The molecule has 5 heteroatoms. The maximum Gasteiger partial charge on any atom is 0.228 e. The topological polar surface area (TPSA) is 78.6 Å². The normalized spacial score (nSPS) is 20.7. The third-order valence-electron chi connectivity index (χ3n) is 4.44. The molecule has 0 aliphatic carbocycles. The Hall–Kier alpha value is -1.75. The Kier molecular flexibility index (Phi) is 3.30. The molecule has 0 bridgehead atoms. The fourth-order valence-electron chi connectivity index (χ4n) is 3.18. The van der Waals surface area contributed by atoms with Gasteiger partial charge in [0, 0.05) is 18.8 Å². The second-order valence-electron chi connectivity index (χ2n) is 5.86. The summed E-state index contributed by atoms with van der Waals surface area (Å²) >= 11 is 0. The zero-order valence-electron chi connectivity index (χ0n) is 11.7. The number of anilines is 3. The summed E-state index contributed by atoms with van der Waals surface area (Å²) in [5.41, 5.74) is 9.73. The van der Waals surface area contributed by atoms with Crippen LogP contribution in [0, 0.1) is 5.92 Å². The van der Waals surface area contributed by atoms with Crippen molar-refractivity contribution >= 4 is 23.0 Å². The van der Waals surface area contributed by atoms with Crippen molar-refractivity contribution in [2.45, 2.75) is 32.3 Å². The summed E-state index contributed by atoms with van der Waals surface area (Å²) < 4.78 is 0. The molecular formula is C15H21N3O2. The number of piperidine rings is 1. The van der Waals surface area contributed by atoms with Gasteiger partial charge in [-0.15, -0.1) is 0 Å². The average Bonchev–Trinajstić information content (AvgIpc) is 2.77. The largest absolute Gasteiger partial charge is 0.397 e. The van der Waals surface area contributed by atoms with Gasteiger partial charge in [-0.3, -0.25) is 4.79 Å². The molecule has 108 valence electrons. The van der Waals surface area contributed by atoms with Crippen LogP contribution in [0.25, 0.3) is 0 Å². The highest BCUT2D eigenvalue weighted by Crippen LogP contribution is 2.35. The number of aliphatic hydroxyl groups is 1. The van der Waals surface area contributed by atoms with E-state index in [1.165, 1.54) is 0 Å². The lowest BCUT2D eigenvalue weighted by Crippen LogP contribution is -2.37. The molecule has 5 nitrogen and oxygen atoms in total. The Bertz CT molecular complexity index is 534. The van der Waals surface area contributed by atoms with Gasteiger partial charge in [0.2, 0.25) is 5.91 Å². The van der Waals surface area contributed by atoms with Gasteiger partial charge in [0.1, 0.15) is 0 Å². The molecule has 2 aliphatic heterocycles. The number of rotatable bonds is 2. The minimum absolute atomic E-state index is 0.0318. The molecule has 1 aromatic carbocycles. The third-order valence-corrected chi connectivity index (χ3v) is 4.44. The van der Waals surface area contributed by atoms with Crippen molar-refractivity contribution in [2.75, 3.05) is 29.0 Å². The maximum absolute atomic E-state index is 11.4. The zero-order chi connectivity index (χ0) is 14.3. The summed E-state index contributed by atoms with van der Waals surface area (Å²) in [6.07, 6.45) is 2.12. The third kappa shape index (κ3) is 2.33. The number of nitrogens with one attached hydrogen (secondary N) is 1. The Morgan fingerprint density at radius 2 is 2.10 bits per heavy atom. The van der Waals surface area contributed by atoms with Crippen LogP contribution < -0.4 is 16.0 Å². The van der Waals surface area contributed by atoms with E-state index in [-0.39, 0.29) is 12.0 Å². The van der Waals surface area contributed by atoms with Crippen LogP contribution >= 0.6 is 0 Å². The van der Waals surface area contributed by atoms with Crippen LogP contribution in [0.3, 0.4) is 0 Å². The van der Waals surface area contributed by atoms with Crippen molar-refractivity contribution in [1.29, 1.82) is 0 Å². The summed E-state index contributed by atoms with van der Waals surface area (Å²) in [4.78, 5) is 13.7. The molecule has 1 aromatic rings. The standard InChI is InChI=1S/C15H21N3O2/c1-9(19)10-2-4-18(5-3-10)14-8-13-11(6-12(14)16)7-15(20)17-13/h6,8-10,19H,2-5,7,16H2,1H3,(H,17,20). The molecular weight excluding hydrogens is 254 g/mol. The van der Waals surface area contributed by atoms with Gasteiger partial charge in [-0.25, -0.2) is 0 Å². The number of benzene rings is 1. The fourth-order valence-corrected chi connectivity index (χ4v) is 3.18. The van der Waals surface area contributed by atoms with Gasteiger partial charge in [-0.2, -0.15) is 0 Å². The van der Waals surface area contributed by atoms with Crippen LogP contribution in [0.1, 0.15) is 25.3 Å². The number of hydrogen-bond acceptors (Lipinski definition) is 4. The first kappa shape index (κ1) is 13.2. The van der Waals surface area contributed by atoms with Crippen LogP contribution in [0.5, 0.6) is 0 Å². The number of amides is 1. The van der Waals surface area contributed by atoms with E-state index in [2.05, 4.69) is 10.2 Å². The predicted molar refractivity (Wildman–Crippen MR) is 79.8 cm³/mol. The monoisotopic (exact) mass is 275 g/mol. The van der Waals surface area contributed by atoms with Gasteiger partial charge in [0.15, 0.2) is 0 Å².